The number of hydrogen-bond acceptors (Lipinski definition) is 5. The second-order valence-electron chi connectivity index (χ2n) is 6.87. The minimum absolute atomic E-state index is 0.457. The molecule has 134 valence electrons. The highest BCUT2D eigenvalue weighted by Crippen LogP contribution is 2.22. The third-order valence-electron chi connectivity index (χ3n) is 4.71. The molecule has 1 aliphatic heterocycles. The predicted molar refractivity (Wildman–Crippen MR) is 102 cm³/mol. The summed E-state index contributed by atoms with van der Waals surface area (Å²) in [5.74, 6) is 0. The first-order valence-electron chi connectivity index (χ1n) is 8.92. The SMILES string of the molecule is OC1(Cn2cc(-c3cccc(NCc4ccccc4)c3)nn2)CCNC1. The number of rotatable bonds is 6. The number of aliphatic hydroxyl groups is 1. The first-order chi connectivity index (χ1) is 12.7. The molecule has 0 saturated carbocycles. The van der Waals surface area contributed by atoms with Gasteiger partial charge in [0.25, 0.3) is 0 Å². The van der Waals surface area contributed by atoms with Crippen molar-refractivity contribution in [1.82, 2.24) is 20.3 Å². The summed E-state index contributed by atoms with van der Waals surface area (Å²) in [7, 11) is 0. The molecule has 6 nitrogen and oxygen atoms in total. The Morgan fingerprint density at radius 1 is 1.15 bits per heavy atom. The largest absolute Gasteiger partial charge is 0.387 e. The lowest BCUT2D eigenvalue weighted by Gasteiger charge is -2.20. The molecule has 0 aliphatic carbocycles. The number of anilines is 1. The van der Waals surface area contributed by atoms with Crippen LogP contribution in [-0.4, -0.2) is 38.8 Å². The molecule has 1 aromatic heterocycles. The first kappa shape index (κ1) is 16.8. The number of aromatic nitrogens is 3. The monoisotopic (exact) mass is 349 g/mol. The summed E-state index contributed by atoms with van der Waals surface area (Å²) in [6.45, 7) is 2.67. The van der Waals surface area contributed by atoms with Crippen molar-refractivity contribution in [1.29, 1.82) is 0 Å². The van der Waals surface area contributed by atoms with Crippen molar-refractivity contribution in [3.05, 3.63) is 66.4 Å². The molecule has 3 aromatic rings. The maximum absolute atomic E-state index is 10.5. The number of nitrogens with zero attached hydrogens (tertiary/aromatic N) is 3. The number of benzene rings is 2. The van der Waals surface area contributed by atoms with Crippen molar-refractivity contribution in [3.63, 3.8) is 0 Å². The molecule has 1 atom stereocenters. The maximum atomic E-state index is 10.5. The van der Waals surface area contributed by atoms with Gasteiger partial charge >= 0.3 is 0 Å². The van der Waals surface area contributed by atoms with Crippen LogP contribution >= 0.6 is 0 Å². The second kappa shape index (κ2) is 7.27. The smallest absolute Gasteiger partial charge is 0.113 e. The van der Waals surface area contributed by atoms with Crippen LogP contribution in [0.2, 0.25) is 0 Å². The fourth-order valence-corrected chi connectivity index (χ4v) is 3.26. The average Bonchev–Trinajstić information content (AvgIpc) is 3.31. The predicted octanol–water partition coefficient (Wildman–Crippen LogP) is 2.28. The third kappa shape index (κ3) is 3.92. The maximum Gasteiger partial charge on any atom is 0.113 e. The second-order valence-corrected chi connectivity index (χ2v) is 6.87. The average molecular weight is 349 g/mol. The van der Waals surface area contributed by atoms with E-state index in [2.05, 4.69) is 39.1 Å². The third-order valence-corrected chi connectivity index (χ3v) is 4.71. The van der Waals surface area contributed by atoms with Crippen molar-refractivity contribution in [2.24, 2.45) is 0 Å². The zero-order chi connectivity index (χ0) is 17.8. The highest BCUT2D eigenvalue weighted by Gasteiger charge is 2.31. The van der Waals surface area contributed by atoms with Crippen LogP contribution in [0.25, 0.3) is 11.3 Å². The normalized spacial score (nSPS) is 19.6. The summed E-state index contributed by atoms with van der Waals surface area (Å²) in [6, 6.07) is 18.5. The van der Waals surface area contributed by atoms with Crippen LogP contribution in [0.1, 0.15) is 12.0 Å². The molecule has 1 fully saturated rings. The molecule has 0 radical (unpaired) electrons. The van der Waals surface area contributed by atoms with E-state index in [-0.39, 0.29) is 0 Å². The van der Waals surface area contributed by atoms with E-state index in [1.165, 1.54) is 5.56 Å². The summed E-state index contributed by atoms with van der Waals surface area (Å²) in [5.41, 5.74) is 3.36. The fraction of sp³-hybridized carbons (Fsp3) is 0.300. The van der Waals surface area contributed by atoms with Gasteiger partial charge in [0.2, 0.25) is 0 Å². The van der Waals surface area contributed by atoms with Crippen LogP contribution in [-0.2, 0) is 13.1 Å². The molecular weight excluding hydrogens is 326 g/mol. The molecule has 2 aromatic carbocycles. The van der Waals surface area contributed by atoms with Crippen LogP contribution in [0, 0.1) is 0 Å². The Hall–Kier alpha value is -2.70. The summed E-state index contributed by atoms with van der Waals surface area (Å²) < 4.78 is 1.73. The van der Waals surface area contributed by atoms with Gasteiger partial charge in [-0.25, -0.2) is 4.68 Å². The zero-order valence-electron chi connectivity index (χ0n) is 14.6. The molecule has 0 amide bonds. The molecule has 0 bridgehead atoms. The minimum Gasteiger partial charge on any atom is -0.387 e. The van der Waals surface area contributed by atoms with Crippen molar-refractivity contribution >= 4 is 5.69 Å². The van der Waals surface area contributed by atoms with E-state index >= 15 is 0 Å². The molecule has 1 unspecified atom stereocenters. The molecule has 4 rings (SSSR count). The number of β-amino-alcohol motifs (C(OH)–C–C–N with tert-alkyl or cyclic N) is 1. The Kier molecular flexibility index (Phi) is 4.69. The van der Waals surface area contributed by atoms with Gasteiger partial charge in [0.05, 0.1) is 18.3 Å². The van der Waals surface area contributed by atoms with Gasteiger partial charge in [-0.3, -0.25) is 0 Å². The molecular formula is C20H23N5O. The van der Waals surface area contributed by atoms with Crippen molar-refractivity contribution < 1.29 is 5.11 Å². The lowest BCUT2D eigenvalue weighted by molar-refractivity contribution is 0.0391. The number of nitrogens with one attached hydrogen (secondary N) is 2. The van der Waals surface area contributed by atoms with Crippen LogP contribution in [0.5, 0.6) is 0 Å². The van der Waals surface area contributed by atoms with Gasteiger partial charge in [-0.15, -0.1) is 5.10 Å². The van der Waals surface area contributed by atoms with Gasteiger partial charge in [-0.2, -0.15) is 0 Å². The van der Waals surface area contributed by atoms with E-state index in [1.54, 1.807) is 4.68 Å². The Balaban J connectivity index is 1.44. The van der Waals surface area contributed by atoms with Gasteiger partial charge in [0.15, 0.2) is 0 Å². The molecule has 1 aliphatic rings. The van der Waals surface area contributed by atoms with E-state index in [9.17, 15) is 5.11 Å². The van der Waals surface area contributed by atoms with E-state index in [0.717, 1.165) is 36.5 Å². The van der Waals surface area contributed by atoms with E-state index in [0.29, 0.717) is 13.1 Å². The van der Waals surface area contributed by atoms with Crippen LogP contribution in [0.4, 0.5) is 5.69 Å². The topological polar surface area (TPSA) is 75.0 Å². The molecule has 3 N–H and O–H groups in total. The van der Waals surface area contributed by atoms with Crippen molar-refractivity contribution in [2.75, 3.05) is 18.4 Å². The van der Waals surface area contributed by atoms with Crippen LogP contribution in [0.15, 0.2) is 60.8 Å². The Labute approximate surface area is 152 Å². The van der Waals surface area contributed by atoms with Gasteiger partial charge in [-0.1, -0.05) is 47.7 Å². The molecule has 6 heteroatoms. The van der Waals surface area contributed by atoms with Crippen LogP contribution in [0.3, 0.4) is 0 Å². The quantitative estimate of drug-likeness (QED) is 0.637. The lowest BCUT2D eigenvalue weighted by Crippen LogP contribution is -2.36. The van der Waals surface area contributed by atoms with Crippen molar-refractivity contribution in [3.8, 4) is 11.3 Å². The van der Waals surface area contributed by atoms with Gasteiger partial charge < -0.3 is 15.7 Å². The first-order valence-corrected chi connectivity index (χ1v) is 8.92. The lowest BCUT2D eigenvalue weighted by atomic mass is 10.0. The van der Waals surface area contributed by atoms with E-state index < -0.39 is 5.60 Å². The molecule has 0 spiro atoms. The summed E-state index contributed by atoms with van der Waals surface area (Å²) in [4.78, 5) is 0. The summed E-state index contributed by atoms with van der Waals surface area (Å²) in [5, 5.41) is 25.6. The summed E-state index contributed by atoms with van der Waals surface area (Å²) >= 11 is 0. The van der Waals surface area contributed by atoms with E-state index in [1.807, 2.05) is 42.6 Å². The van der Waals surface area contributed by atoms with Gasteiger partial charge in [0.1, 0.15) is 5.69 Å². The van der Waals surface area contributed by atoms with E-state index in [4.69, 9.17) is 0 Å². The van der Waals surface area contributed by atoms with Gasteiger partial charge in [-0.05, 0) is 30.7 Å². The highest BCUT2D eigenvalue weighted by atomic mass is 16.3. The Morgan fingerprint density at radius 2 is 2.04 bits per heavy atom. The molecule has 26 heavy (non-hydrogen) atoms. The molecule has 1 saturated heterocycles. The zero-order valence-corrected chi connectivity index (χ0v) is 14.6. The molecule has 2 heterocycles. The highest BCUT2D eigenvalue weighted by molar-refractivity contribution is 5.64. The standard InChI is InChI=1S/C20H23N5O/c26-20(9-10-21-14-20)15-25-13-19(23-24-25)17-7-4-8-18(11-17)22-12-16-5-2-1-3-6-16/h1-8,11,13,21-22,26H,9-10,12,14-15H2. The Morgan fingerprint density at radius 3 is 2.85 bits per heavy atom. The van der Waals surface area contributed by atoms with Crippen LogP contribution < -0.4 is 10.6 Å². The number of hydrogen-bond donors (Lipinski definition) is 3. The minimum atomic E-state index is -0.732. The fourth-order valence-electron chi connectivity index (χ4n) is 3.26. The Bertz CT molecular complexity index is 855. The van der Waals surface area contributed by atoms with Crippen molar-refractivity contribution in [2.45, 2.75) is 25.1 Å². The summed E-state index contributed by atoms with van der Waals surface area (Å²) in [6.07, 6.45) is 2.63. The van der Waals surface area contributed by atoms with Gasteiger partial charge in [0, 0.05) is 24.3 Å².